The summed E-state index contributed by atoms with van der Waals surface area (Å²) in [6.07, 6.45) is -0.299. The van der Waals surface area contributed by atoms with Crippen LogP contribution in [-0.2, 0) is 9.53 Å². The Labute approximate surface area is 90.5 Å². The molecule has 1 aliphatic heterocycles. The molecule has 1 aliphatic rings. The molecule has 15 heavy (non-hydrogen) atoms. The Morgan fingerprint density at radius 1 is 1.80 bits per heavy atom. The number of hydrogen-bond acceptors (Lipinski definition) is 4. The first-order chi connectivity index (χ1) is 6.83. The van der Waals surface area contributed by atoms with Crippen LogP contribution in [0.5, 0.6) is 0 Å². The molecule has 0 aromatic rings. The molecule has 2 atom stereocenters. The van der Waals surface area contributed by atoms with Crippen molar-refractivity contribution in [2.45, 2.75) is 30.4 Å². The van der Waals surface area contributed by atoms with Crippen LogP contribution in [0.25, 0.3) is 0 Å². The molecule has 88 valence electrons. The predicted octanol–water partition coefficient (Wildman–Crippen LogP) is 0.474. The number of carbonyl (C=O) groups excluding carboxylic acids is 1. The number of ether oxygens (including phenoxy) is 1. The molecule has 0 radical (unpaired) electrons. The van der Waals surface area contributed by atoms with Gasteiger partial charge < -0.3 is 15.2 Å². The molecule has 0 saturated carbocycles. The van der Waals surface area contributed by atoms with E-state index in [0.29, 0.717) is 0 Å². The summed E-state index contributed by atoms with van der Waals surface area (Å²) in [4.78, 5) is 11.3. The zero-order valence-electron chi connectivity index (χ0n) is 8.10. The van der Waals surface area contributed by atoms with E-state index >= 15 is 0 Å². The Morgan fingerprint density at radius 2 is 2.40 bits per heavy atom. The third-order valence-corrected chi connectivity index (χ3v) is 2.67. The van der Waals surface area contributed by atoms with Crippen LogP contribution < -0.4 is 5.32 Å². The third kappa shape index (κ3) is 2.21. The van der Waals surface area contributed by atoms with Crippen LogP contribution in [0.15, 0.2) is 0 Å². The predicted molar refractivity (Wildman–Crippen MR) is 48.8 cm³/mol. The van der Waals surface area contributed by atoms with Crippen molar-refractivity contribution in [2.24, 2.45) is 0 Å². The lowest BCUT2D eigenvalue weighted by atomic mass is 9.95. The number of alkyl halides is 3. The average Bonchev–Trinajstić information content (AvgIpc) is 2.48. The van der Waals surface area contributed by atoms with Gasteiger partial charge in [-0.1, -0.05) is 0 Å². The van der Waals surface area contributed by atoms with Crippen LogP contribution in [0.3, 0.4) is 0 Å². The van der Waals surface area contributed by atoms with Gasteiger partial charge in [-0.15, -0.1) is 0 Å². The highest BCUT2D eigenvalue weighted by atomic mass is 35.5. The number of rotatable bonds is 3. The molecule has 0 unspecified atom stereocenters. The Balaban J connectivity index is 2.85. The van der Waals surface area contributed by atoms with E-state index in [0.717, 1.165) is 0 Å². The van der Waals surface area contributed by atoms with Crippen molar-refractivity contribution in [3.8, 4) is 0 Å². The minimum atomic E-state index is -3.87. The Hall–Kier alpha value is -0.460. The average molecular weight is 244 g/mol. The lowest BCUT2D eigenvalue weighted by Gasteiger charge is -2.31. The fraction of sp³-hybridized carbons (Fsp3) is 0.875. The Kier molecular flexibility index (Phi) is 3.52. The maximum Gasteiger partial charge on any atom is 0.352 e. The van der Waals surface area contributed by atoms with Crippen molar-refractivity contribution in [2.75, 3.05) is 13.2 Å². The van der Waals surface area contributed by atoms with E-state index in [-0.39, 0.29) is 19.6 Å². The van der Waals surface area contributed by atoms with Crippen LogP contribution in [0.1, 0.15) is 13.3 Å². The molecular weight excluding hydrogens is 232 g/mol. The van der Waals surface area contributed by atoms with Crippen molar-refractivity contribution >= 4 is 17.6 Å². The maximum absolute atomic E-state index is 12.9. The number of carbonyl (C=O) groups is 1. The van der Waals surface area contributed by atoms with Crippen LogP contribution in [0, 0.1) is 0 Å². The van der Waals surface area contributed by atoms with E-state index < -0.39 is 23.0 Å². The van der Waals surface area contributed by atoms with E-state index in [1.165, 1.54) is 0 Å². The van der Waals surface area contributed by atoms with Gasteiger partial charge in [-0.3, -0.25) is 4.79 Å². The van der Waals surface area contributed by atoms with Gasteiger partial charge in [-0.25, -0.2) is 0 Å². The quantitative estimate of drug-likeness (QED) is 0.559. The topological polar surface area (TPSA) is 58.6 Å². The second-order valence-corrected chi connectivity index (χ2v) is 3.79. The first-order valence-corrected chi connectivity index (χ1v) is 4.90. The summed E-state index contributed by atoms with van der Waals surface area (Å²) in [6.45, 7) is 1.69. The molecule has 1 fully saturated rings. The zero-order chi connectivity index (χ0) is 11.7. The van der Waals surface area contributed by atoms with E-state index in [4.69, 9.17) is 11.6 Å². The summed E-state index contributed by atoms with van der Waals surface area (Å²) in [5.41, 5.74) is -2.58. The minimum absolute atomic E-state index is 0.0565. The largest absolute Gasteiger partial charge is 0.465 e. The van der Waals surface area contributed by atoms with Gasteiger partial charge in [0.1, 0.15) is 6.04 Å². The third-order valence-electron chi connectivity index (χ3n) is 2.35. The number of halogens is 3. The van der Waals surface area contributed by atoms with Gasteiger partial charge in [-0.2, -0.15) is 8.78 Å². The first-order valence-electron chi connectivity index (χ1n) is 4.52. The highest BCUT2D eigenvalue weighted by Gasteiger charge is 2.61. The summed E-state index contributed by atoms with van der Waals surface area (Å²) >= 11 is 4.79. The Morgan fingerprint density at radius 3 is 2.87 bits per heavy atom. The normalized spacial score (nSPS) is 31.7. The van der Waals surface area contributed by atoms with Crippen molar-refractivity contribution in [1.29, 1.82) is 0 Å². The van der Waals surface area contributed by atoms with E-state index in [1.807, 2.05) is 0 Å². The molecule has 0 amide bonds. The Bertz CT molecular complexity index is 259. The zero-order valence-corrected chi connectivity index (χ0v) is 8.85. The SMILES string of the molecule is CCOC(=O)[C@H]1NCC[C@@]1(O)C(F)(F)Cl. The summed E-state index contributed by atoms with van der Waals surface area (Å²) in [5, 5.41) is 8.22. The molecule has 4 nitrogen and oxygen atoms in total. The number of aliphatic hydroxyl groups is 1. The van der Waals surface area contributed by atoms with Crippen LogP contribution in [0.2, 0.25) is 0 Å². The summed E-state index contributed by atoms with van der Waals surface area (Å²) < 4.78 is 30.4. The fourth-order valence-corrected chi connectivity index (χ4v) is 1.73. The van der Waals surface area contributed by atoms with Crippen molar-refractivity contribution in [3.63, 3.8) is 0 Å². The van der Waals surface area contributed by atoms with Gasteiger partial charge in [-0.05, 0) is 31.5 Å². The second-order valence-electron chi connectivity index (χ2n) is 3.31. The van der Waals surface area contributed by atoms with Gasteiger partial charge in [0.25, 0.3) is 0 Å². The van der Waals surface area contributed by atoms with Gasteiger partial charge in [0.2, 0.25) is 0 Å². The highest BCUT2D eigenvalue weighted by Crippen LogP contribution is 2.40. The first kappa shape index (κ1) is 12.6. The van der Waals surface area contributed by atoms with E-state index in [9.17, 15) is 18.7 Å². The number of nitrogens with one attached hydrogen (secondary N) is 1. The number of esters is 1. The van der Waals surface area contributed by atoms with Gasteiger partial charge in [0.05, 0.1) is 6.61 Å². The molecule has 7 heteroatoms. The highest BCUT2D eigenvalue weighted by molar-refractivity contribution is 6.22. The van der Waals surface area contributed by atoms with E-state index in [1.54, 1.807) is 6.92 Å². The molecule has 0 aromatic carbocycles. The monoisotopic (exact) mass is 243 g/mol. The van der Waals surface area contributed by atoms with Crippen molar-refractivity contribution in [3.05, 3.63) is 0 Å². The minimum Gasteiger partial charge on any atom is -0.465 e. The molecule has 1 saturated heterocycles. The molecule has 0 spiro atoms. The molecule has 1 rings (SSSR count). The van der Waals surface area contributed by atoms with E-state index in [2.05, 4.69) is 10.1 Å². The summed E-state index contributed by atoms with van der Waals surface area (Å²) in [5.74, 6) is -0.919. The lowest BCUT2D eigenvalue weighted by molar-refractivity contribution is -0.168. The van der Waals surface area contributed by atoms with Crippen molar-refractivity contribution < 1.29 is 23.4 Å². The van der Waals surface area contributed by atoms with Crippen molar-refractivity contribution in [1.82, 2.24) is 5.32 Å². The van der Waals surface area contributed by atoms with Crippen LogP contribution >= 0.6 is 11.6 Å². The van der Waals surface area contributed by atoms with Gasteiger partial charge >= 0.3 is 11.4 Å². The van der Waals surface area contributed by atoms with Crippen LogP contribution in [-0.4, -0.2) is 41.3 Å². The summed E-state index contributed by atoms with van der Waals surface area (Å²) in [7, 11) is 0. The number of hydrogen-bond donors (Lipinski definition) is 2. The van der Waals surface area contributed by atoms with Gasteiger partial charge in [0.15, 0.2) is 5.60 Å². The molecule has 2 N–H and O–H groups in total. The second kappa shape index (κ2) is 4.19. The molecule has 1 heterocycles. The molecule has 0 bridgehead atoms. The molecule has 0 aliphatic carbocycles. The maximum atomic E-state index is 12.9. The summed E-state index contributed by atoms with van der Waals surface area (Å²) in [6, 6.07) is -1.48. The van der Waals surface area contributed by atoms with Gasteiger partial charge in [0, 0.05) is 0 Å². The molecular formula is C8H12ClF2NO3. The fourth-order valence-electron chi connectivity index (χ4n) is 1.53. The van der Waals surface area contributed by atoms with Crippen LogP contribution in [0.4, 0.5) is 8.78 Å². The molecule has 0 aromatic heterocycles. The standard InChI is InChI=1S/C8H12ClF2NO3/c1-2-15-6(13)5-7(14,3-4-12-5)8(9,10)11/h5,12,14H,2-4H2,1H3/t5-,7+/m1/s1. The lowest BCUT2D eigenvalue weighted by Crippen LogP contribution is -2.57. The smallest absolute Gasteiger partial charge is 0.352 e.